The zero-order valence-electron chi connectivity index (χ0n) is 15.1. The molecule has 0 bridgehead atoms. The van der Waals surface area contributed by atoms with Crippen molar-refractivity contribution < 1.29 is 0 Å². The molecule has 2 aromatic rings. The minimum Gasteiger partial charge on any atom is -0.351 e. The largest absolute Gasteiger partial charge is 0.351 e. The number of hydrogen-bond donors (Lipinski definition) is 0. The molecule has 1 heterocycles. The Morgan fingerprint density at radius 3 is 2.05 bits per heavy atom. The summed E-state index contributed by atoms with van der Waals surface area (Å²) in [6, 6.07) is 8.72. The average Bonchev–Trinajstić information content (AvgIpc) is 2.79. The highest BCUT2D eigenvalue weighted by Gasteiger charge is 2.41. The summed E-state index contributed by atoms with van der Waals surface area (Å²) in [6.45, 7) is 14.2. The molecule has 0 aliphatic carbocycles. The molecule has 2 heteroatoms. The second-order valence-electron chi connectivity index (χ2n) is 7.35. The molecule has 0 aliphatic heterocycles. The number of aryl methyl sites for hydroxylation is 1. The molecule has 0 spiro atoms. The van der Waals surface area contributed by atoms with Gasteiger partial charge in [-0.05, 0) is 40.2 Å². The van der Waals surface area contributed by atoms with Crippen molar-refractivity contribution in [2.45, 2.75) is 58.2 Å². The van der Waals surface area contributed by atoms with Gasteiger partial charge in [-0.15, -0.1) is 5.54 Å². The van der Waals surface area contributed by atoms with E-state index in [4.69, 9.17) is 0 Å². The molecule has 118 valence electrons. The molecule has 0 saturated heterocycles. The highest BCUT2D eigenvalue weighted by molar-refractivity contribution is 6.90. The Labute approximate surface area is 136 Å². The summed E-state index contributed by atoms with van der Waals surface area (Å²) in [5.74, 6) is 3.54. The standard InChI is InChI=1S/C20H29NSi/c1-15(2)22(16(3)4,17(5)6)13-11-18-8-9-19-10-12-21(7)20(19)14-18/h8-10,12,14-17H,1-7H3. The second kappa shape index (κ2) is 6.34. The summed E-state index contributed by atoms with van der Waals surface area (Å²) in [5, 5.41) is 1.29. The minimum atomic E-state index is -1.64. The predicted molar refractivity (Wildman–Crippen MR) is 101 cm³/mol. The van der Waals surface area contributed by atoms with Crippen molar-refractivity contribution in [3.63, 3.8) is 0 Å². The Kier molecular flexibility index (Phi) is 4.87. The lowest BCUT2D eigenvalue weighted by molar-refractivity contribution is 0.838. The lowest BCUT2D eigenvalue weighted by Crippen LogP contribution is -2.43. The monoisotopic (exact) mass is 311 g/mol. The second-order valence-corrected chi connectivity index (χ2v) is 12.9. The van der Waals surface area contributed by atoms with E-state index in [2.05, 4.69) is 95.1 Å². The van der Waals surface area contributed by atoms with E-state index < -0.39 is 8.07 Å². The van der Waals surface area contributed by atoms with Crippen molar-refractivity contribution >= 4 is 19.0 Å². The SMILES string of the molecule is CC(C)[Si](C#Cc1ccc2ccn(C)c2c1)(C(C)C)C(C)C. The third-order valence-corrected chi connectivity index (χ3v) is 11.5. The van der Waals surface area contributed by atoms with Gasteiger partial charge in [-0.2, -0.15) is 0 Å². The quantitative estimate of drug-likeness (QED) is 0.502. The van der Waals surface area contributed by atoms with Crippen LogP contribution in [-0.2, 0) is 7.05 Å². The number of benzene rings is 1. The smallest absolute Gasteiger partial charge is 0.146 e. The van der Waals surface area contributed by atoms with E-state index in [1.54, 1.807) is 0 Å². The Hall–Kier alpha value is -1.46. The van der Waals surface area contributed by atoms with E-state index in [9.17, 15) is 0 Å². The number of hydrogen-bond acceptors (Lipinski definition) is 0. The summed E-state index contributed by atoms with van der Waals surface area (Å²) in [5.41, 5.74) is 8.25. The van der Waals surface area contributed by atoms with E-state index in [1.807, 2.05) is 0 Å². The van der Waals surface area contributed by atoms with Gasteiger partial charge in [-0.25, -0.2) is 0 Å². The predicted octanol–water partition coefficient (Wildman–Crippen LogP) is 5.75. The molecule has 0 aliphatic rings. The minimum absolute atomic E-state index is 0.679. The Balaban J connectivity index is 2.49. The highest BCUT2D eigenvalue weighted by atomic mass is 28.3. The number of aromatic nitrogens is 1. The van der Waals surface area contributed by atoms with Gasteiger partial charge < -0.3 is 4.57 Å². The maximum atomic E-state index is 3.80. The third kappa shape index (κ3) is 2.87. The lowest BCUT2D eigenvalue weighted by Gasteiger charge is -2.38. The topological polar surface area (TPSA) is 4.93 Å². The summed E-state index contributed by atoms with van der Waals surface area (Å²) in [4.78, 5) is 0. The Morgan fingerprint density at radius 1 is 0.909 bits per heavy atom. The molecule has 1 aromatic carbocycles. The molecule has 0 radical (unpaired) electrons. The van der Waals surface area contributed by atoms with Gasteiger partial charge in [0.05, 0.1) is 0 Å². The zero-order valence-corrected chi connectivity index (χ0v) is 16.1. The van der Waals surface area contributed by atoms with Crippen LogP contribution >= 0.6 is 0 Å². The Bertz CT molecular complexity index is 688. The highest BCUT2D eigenvalue weighted by Crippen LogP contribution is 2.40. The molecule has 22 heavy (non-hydrogen) atoms. The lowest BCUT2D eigenvalue weighted by atomic mass is 10.2. The number of rotatable bonds is 3. The van der Waals surface area contributed by atoms with Crippen LogP contribution in [0.3, 0.4) is 0 Å². The van der Waals surface area contributed by atoms with Crippen LogP contribution < -0.4 is 0 Å². The molecule has 0 atom stereocenters. The molecular weight excluding hydrogens is 282 g/mol. The van der Waals surface area contributed by atoms with Gasteiger partial charge in [0.15, 0.2) is 0 Å². The number of fused-ring (bicyclic) bond motifs is 1. The first-order chi connectivity index (χ1) is 10.3. The van der Waals surface area contributed by atoms with E-state index >= 15 is 0 Å². The van der Waals surface area contributed by atoms with Crippen molar-refractivity contribution in [1.29, 1.82) is 0 Å². The molecule has 0 amide bonds. The van der Waals surface area contributed by atoms with E-state index in [-0.39, 0.29) is 0 Å². The van der Waals surface area contributed by atoms with E-state index in [1.165, 1.54) is 10.9 Å². The zero-order chi connectivity index (χ0) is 16.5. The molecule has 0 unspecified atom stereocenters. The first-order valence-corrected chi connectivity index (χ1v) is 10.6. The van der Waals surface area contributed by atoms with E-state index in [0.717, 1.165) is 5.56 Å². The van der Waals surface area contributed by atoms with Crippen molar-refractivity contribution in [2.24, 2.45) is 7.05 Å². The first-order valence-electron chi connectivity index (χ1n) is 8.37. The average molecular weight is 312 g/mol. The molecule has 0 saturated carbocycles. The summed E-state index contributed by atoms with van der Waals surface area (Å²) >= 11 is 0. The first kappa shape index (κ1) is 16.9. The molecule has 1 aromatic heterocycles. The van der Waals surface area contributed by atoms with Gasteiger partial charge in [0.1, 0.15) is 8.07 Å². The Morgan fingerprint density at radius 2 is 1.50 bits per heavy atom. The van der Waals surface area contributed by atoms with Gasteiger partial charge >= 0.3 is 0 Å². The van der Waals surface area contributed by atoms with Crippen molar-refractivity contribution in [2.75, 3.05) is 0 Å². The van der Waals surface area contributed by atoms with Crippen molar-refractivity contribution in [3.8, 4) is 11.5 Å². The van der Waals surface area contributed by atoms with Crippen LogP contribution in [0.25, 0.3) is 10.9 Å². The fourth-order valence-electron chi connectivity index (χ4n) is 3.95. The maximum absolute atomic E-state index is 3.80. The van der Waals surface area contributed by atoms with Gasteiger partial charge in [0.2, 0.25) is 0 Å². The molecular formula is C20H29NSi. The summed E-state index contributed by atoms with van der Waals surface area (Å²) < 4.78 is 2.17. The van der Waals surface area contributed by atoms with Crippen LogP contribution in [0.4, 0.5) is 0 Å². The van der Waals surface area contributed by atoms with Crippen LogP contribution in [0.5, 0.6) is 0 Å². The maximum Gasteiger partial charge on any atom is 0.146 e. The van der Waals surface area contributed by atoms with Crippen LogP contribution in [0.15, 0.2) is 30.5 Å². The van der Waals surface area contributed by atoms with Gasteiger partial charge in [0.25, 0.3) is 0 Å². The molecule has 2 rings (SSSR count). The van der Waals surface area contributed by atoms with Gasteiger partial charge in [-0.3, -0.25) is 0 Å². The fourth-order valence-corrected chi connectivity index (χ4v) is 9.18. The molecule has 1 nitrogen and oxygen atoms in total. The van der Waals surface area contributed by atoms with Gasteiger partial charge in [-0.1, -0.05) is 53.5 Å². The van der Waals surface area contributed by atoms with Crippen LogP contribution in [0, 0.1) is 11.5 Å². The van der Waals surface area contributed by atoms with Crippen LogP contribution in [0.1, 0.15) is 47.1 Å². The normalized spacial score (nSPS) is 12.3. The van der Waals surface area contributed by atoms with Crippen molar-refractivity contribution in [1.82, 2.24) is 4.57 Å². The van der Waals surface area contributed by atoms with Crippen LogP contribution in [0.2, 0.25) is 16.6 Å². The van der Waals surface area contributed by atoms with Gasteiger partial charge in [0, 0.05) is 24.3 Å². The third-order valence-electron chi connectivity index (χ3n) is 5.18. The fraction of sp³-hybridized carbons (Fsp3) is 0.500. The van der Waals surface area contributed by atoms with E-state index in [0.29, 0.717) is 16.6 Å². The van der Waals surface area contributed by atoms with Crippen LogP contribution in [-0.4, -0.2) is 12.6 Å². The molecule has 0 fully saturated rings. The number of nitrogens with zero attached hydrogens (tertiary/aromatic N) is 1. The summed E-state index contributed by atoms with van der Waals surface area (Å²) in [6.07, 6.45) is 2.11. The summed E-state index contributed by atoms with van der Waals surface area (Å²) in [7, 11) is 0.449. The molecule has 0 N–H and O–H groups in total. The van der Waals surface area contributed by atoms with Crippen molar-refractivity contribution in [3.05, 3.63) is 36.0 Å².